The molecule has 0 aliphatic carbocycles. The summed E-state index contributed by atoms with van der Waals surface area (Å²) in [5, 5.41) is -0.122. The van der Waals surface area contributed by atoms with Gasteiger partial charge in [0, 0.05) is 18.3 Å². The molecule has 0 fully saturated rings. The van der Waals surface area contributed by atoms with Gasteiger partial charge in [0.2, 0.25) is 0 Å². The summed E-state index contributed by atoms with van der Waals surface area (Å²) in [6, 6.07) is 4.20. The first kappa shape index (κ1) is 15.9. The van der Waals surface area contributed by atoms with Crippen LogP contribution in [0.1, 0.15) is 0 Å². The van der Waals surface area contributed by atoms with Gasteiger partial charge in [-0.05, 0) is 12.1 Å². The molecule has 0 saturated carbocycles. The lowest BCUT2D eigenvalue weighted by Gasteiger charge is -2.07. The molecule has 3 rings (SSSR count). The molecule has 0 atom stereocenters. The van der Waals surface area contributed by atoms with E-state index in [4.69, 9.17) is 4.74 Å². The van der Waals surface area contributed by atoms with Gasteiger partial charge in [-0.25, -0.2) is 22.5 Å². The molecule has 24 heavy (non-hydrogen) atoms. The summed E-state index contributed by atoms with van der Waals surface area (Å²) in [6.07, 6.45) is -1.36. The molecule has 124 valence electrons. The largest absolute Gasteiger partial charge is 0.488 e. The third-order valence-electron chi connectivity index (χ3n) is 3.10. The fraction of sp³-hybridized carbons (Fsp3) is 0.133. The van der Waals surface area contributed by atoms with Crippen LogP contribution < -0.4 is 10.3 Å². The molecular formula is C15H9F4N3O2. The number of aromatic amines is 1. The van der Waals surface area contributed by atoms with Crippen molar-refractivity contribution in [3.63, 3.8) is 0 Å². The summed E-state index contributed by atoms with van der Waals surface area (Å²) in [4.78, 5) is 22.3. The molecule has 2 heterocycles. The monoisotopic (exact) mass is 339 g/mol. The van der Waals surface area contributed by atoms with Gasteiger partial charge in [0.1, 0.15) is 18.1 Å². The second kappa shape index (κ2) is 6.26. The Morgan fingerprint density at radius 2 is 1.92 bits per heavy atom. The summed E-state index contributed by atoms with van der Waals surface area (Å²) >= 11 is 0. The van der Waals surface area contributed by atoms with Crippen molar-refractivity contribution >= 4 is 10.9 Å². The zero-order chi connectivity index (χ0) is 17.3. The highest BCUT2D eigenvalue weighted by Crippen LogP contribution is 2.20. The van der Waals surface area contributed by atoms with Crippen LogP contribution in [0.2, 0.25) is 0 Å². The van der Waals surface area contributed by atoms with Crippen LogP contribution in [-0.4, -0.2) is 28.0 Å². The number of hydrogen-bond acceptors (Lipinski definition) is 4. The predicted octanol–water partition coefficient (Wildman–Crippen LogP) is 2.91. The summed E-state index contributed by atoms with van der Waals surface area (Å²) in [5.41, 5.74) is -0.617. The van der Waals surface area contributed by atoms with Crippen molar-refractivity contribution in [2.75, 3.05) is 6.61 Å². The molecule has 5 nitrogen and oxygen atoms in total. The fourth-order valence-electron chi connectivity index (χ4n) is 2.04. The van der Waals surface area contributed by atoms with Gasteiger partial charge in [0.05, 0.1) is 10.9 Å². The quantitative estimate of drug-likeness (QED) is 0.742. The lowest BCUT2D eigenvalue weighted by molar-refractivity contribution is 0.0819. The van der Waals surface area contributed by atoms with Gasteiger partial charge in [0.15, 0.2) is 17.5 Å². The zero-order valence-corrected chi connectivity index (χ0v) is 11.9. The lowest BCUT2D eigenvalue weighted by Crippen LogP contribution is -2.11. The van der Waals surface area contributed by atoms with Crippen LogP contribution in [0, 0.1) is 11.6 Å². The Bertz CT molecular complexity index is 959. The van der Waals surface area contributed by atoms with E-state index in [-0.39, 0.29) is 28.2 Å². The van der Waals surface area contributed by atoms with Crippen LogP contribution in [0.15, 0.2) is 35.3 Å². The minimum absolute atomic E-state index is 0.0268. The number of hydrogen-bond donors (Lipinski definition) is 1. The van der Waals surface area contributed by atoms with Crippen LogP contribution >= 0.6 is 0 Å². The fourth-order valence-corrected chi connectivity index (χ4v) is 2.04. The molecular weight excluding hydrogens is 330 g/mol. The molecule has 3 aromatic rings. The molecule has 0 spiro atoms. The number of ether oxygens (including phenoxy) is 1. The van der Waals surface area contributed by atoms with E-state index >= 15 is 0 Å². The van der Waals surface area contributed by atoms with E-state index in [1.807, 2.05) is 0 Å². The van der Waals surface area contributed by atoms with Gasteiger partial charge >= 0.3 is 0 Å². The Balaban J connectivity index is 2.05. The Morgan fingerprint density at radius 1 is 1.17 bits per heavy atom. The van der Waals surface area contributed by atoms with Crippen molar-refractivity contribution in [2.45, 2.75) is 6.43 Å². The zero-order valence-electron chi connectivity index (χ0n) is 11.9. The first-order valence-corrected chi connectivity index (χ1v) is 6.70. The molecule has 2 aromatic heterocycles. The van der Waals surface area contributed by atoms with Crippen molar-refractivity contribution in [3.05, 3.63) is 52.5 Å². The molecule has 0 aliphatic heterocycles. The lowest BCUT2D eigenvalue weighted by atomic mass is 10.2. The van der Waals surface area contributed by atoms with Crippen molar-refractivity contribution < 1.29 is 22.3 Å². The van der Waals surface area contributed by atoms with Crippen LogP contribution in [0.25, 0.3) is 22.4 Å². The molecule has 0 radical (unpaired) electrons. The molecule has 0 saturated heterocycles. The number of benzene rings is 1. The molecule has 0 aliphatic rings. The summed E-state index contributed by atoms with van der Waals surface area (Å²) in [6.45, 7) is -0.796. The SMILES string of the molecule is O=c1[nH]c(-c2cc(OCC(F)F)ccn2)nc2cc(F)c(F)cc12. The maximum Gasteiger partial charge on any atom is 0.272 e. The number of aromatic nitrogens is 3. The first-order chi connectivity index (χ1) is 11.4. The van der Waals surface area contributed by atoms with Crippen molar-refractivity contribution in [3.8, 4) is 17.3 Å². The third kappa shape index (κ3) is 3.19. The number of fused-ring (bicyclic) bond motifs is 1. The van der Waals surface area contributed by atoms with Gasteiger partial charge in [-0.15, -0.1) is 0 Å². The van der Waals surface area contributed by atoms with E-state index in [1.165, 1.54) is 18.3 Å². The topological polar surface area (TPSA) is 67.9 Å². The highest BCUT2D eigenvalue weighted by molar-refractivity contribution is 5.79. The van der Waals surface area contributed by atoms with E-state index in [0.717, 1.165) is 12.1 Å². The number of halogens is 4. The van der Waals surface area contributed by atoms with Gasteiger partial charge < -0.3 is 9.72 Å². The maximum atomic E-state index is 13.3. The molecule has 9 heteroatoms. The van der Waals surface area contributed by atoms with Crippen molar-refractivity contribution in [2.24, 2.45) is 0 Å². The van der Waals surface area contributed by atoms with Crippen molar-refractivity contribution in [1.29, 1.82) is 0 Å². The Kier molecular flexibility index (Phi) is 4.15. The highest BCUT2D eigenvalue weighted by atomic mass is 19.3. The number of alkyl halides is 2. The number of nitrogens with one attached hydrogen (secondary N) is 1. The highest BCUT2D eigenvalue weighted by Gasteiger charge is 2.12. The summed E-state index contributed by atoms with van der Waals surface area (Å²) in [5.74, 6) is -2.23. The van der Waals surface area contributed by atoms with Gasteiger partial charge in [-0.1, -0.05) is 0 Å². The third-order valence-corrected chi connectivity index (χ3v) is 3.10. The second-order valence-electron chi connectivity index (χ2n) is 4.78. The smallest absolute Gasteiger partial charge is 0.272 e. The molecule has 0 unspecified atom stereocenters. The van der Waals surface area contributed by atoms with Crippen LogP contribution in [0.4, 0.5) is 17.6 Å². The van der Waals surface area contributed by atoms with Gasteiger partial charge in [-0.3, -0.25) is 9.78 Å². The van der Waals surface area contributed by atoms with E-state index in [2.05, 4.69) is 15.0 Å². The normalized spacial score (nSPS) is 11.2. The molecule has 1 N–H and O–H groups in total. The van der Waals surface area contributed by atoms with Crippen LogP contribution in [-0.2, 0) is 0 Å². The summed E-state index contributed by atoms with van der Waals surface area (Å²) in [7, 11) is 0. The Hall–Kier alpha value is -2.97. The van der Waals surface area contributed by atoms with Crippen molar-refractivity contribution in [1.82, 2.24) is 15.0 Å². The first-order valence-electron chi connectivity index (χ1n) is 6.70. The second-order valence-corrected chi connectivity index (χ2v) is 4.78. The Morgan fingerprint density at radius 3 is 2.67 bits per heavy atom. The average Bonchev–Trinajstić information content (AvgIpc) is 2.55. The minimum atomic E-state index is -2.64. The number of H-pyrrole nitrogens is 1. The standard InChI is InChI=1S/C15H9F4N3O2/c16-9-4-8-11(5-10(9)17)21-14(22-15(8)23)12-3-7(1-2-20-12)24-6-13(18)19/h1-5,13H,6H2,(H,21,22,23). The van der Waals surface area contributed by atoms with Gasteiger partial charge in [-0.2, -0.15) is 0 Å². The molecule has 0 amide bonds. The van der Waals surface area contributed by atoms with E-state index in [0.29, 0.717) is 0 Å². The van der Waals surface area contributed by atoms with E-state index < -0.39 is 30.2 Å². The van der Waals surface area contributed by atoms with E-state index in [9.17, 15) is 22.4 Å². The number of nitrogens with zero attached hydrogens (tertiary/aromatic N) is 2. The minimum Gasteiger partial charge on any atom is -0.488 e. The predicted molar refractivity (Wildman–Crippen MR) is 77.0 cm³/mol. The van der Waals surface area contributed by atoms with E-state index in [1.54, 1.807) is 0 Å². The van der Waals surface area contributed by atoms with Crippen LogP contribution in [0.3, 0.4) is 0 Å². The van der Waals surface area contributed by atoms with Crippen LogP contribution in [0.5, 0.6) is 5.75 Å². The molecule has 1 aromatic carbocycles. The Labute approximate surface area is 131 Å². The maximum absolute atomic E-state index is 13.3. The number of pyridine rings is 1. The summed E-state index contributed by atoms with van der Waals surface area (Å²) < 4.78 is 55.7. The van der Waals surface area contributed by atoms with Gasteiger partial charge in [0.25, 0.3) is 12.0 Å². The average molecular weight is 339 g/mol. The number of rotatable bonds is 4. The molecule has 0 bridgehead atoms.